The van der Waals surface area contributed by atoms with Gasteiger partial charge in [-0.3, -0.25) is 0 Å². The molecule has 2 aromatic carbocycles. The van der Waals surface area contributed by atoms with Crippen LogP contribution in [0.1, 0.15) is 22.7 Å². The molecule has 1 atom stereocenters. The van der Waals surface area contributed by atoms with Crippen LogP contribution in [0.2, 0.25) is 0 Å². The summed E-state index contributed by atoms with van der Waals surface area (Å²) in [5.41, 5.74) is 7.42. The van der Waals surface area contributed by atoms with Crippen molar-refractivity contribution >= 4 is 0 Å². The molecule has 17 heavy (non-hydrogen) atoms. The van der Waals surface area contributed by atoms with Crippen LogP contribution in [0.15, 0.2) is 42.5 Å². The molecule has 0 amide bonds. The molecule has 0 radical (unpaired) electrons. The average molecular weight is 233 g/mol. The van der Waals surface area contributed by atoms with Gasteiger partial charge in [0.05, 0.1) is 6.04 Å². The Morgan fingerprint density at radius 2 is 1.59 bits per heavy atom. The first-order valence-corrected chi connectivity index (χ1v) is 5.35. The van der Waals surface area contributed by atoms with Crippen LogP contribution >= 0.6 is 0 Å². The summed E-state index contributed by atoms with van der Waals surface area (Å²) in [5.74, 6) is -0.827. The lowest BCUT2D eigenvalue weighted by Gasteiger charge is -2.14. The Bertz CT molecular complexity index is 537. The fourth-order valence-electron chi connectivity index (χ4n) is 1.80. The standard InChI is InChI=1S/C14H13F2N/c1-9-6-7-13(16)11(8-9)14(17)10-4-2-3-5-12(10)15/h2-8,14H,17H2,1H3. The van der Waals surface area contributed by atoms with E-state index in [0.29, 0.717) is 11.1 Å². The monoisotopic (exact) mass is 233 g/mol. The summed E-state index contributed by atoms with van der Waals surface area (Å²) in [5, 5.41) is 0. The van der Waals surface area contributed by atoms with Crippen molar-refractivity contribution in [1.82, 2.24) is 0 Å². The molecule has 0 saturated carbocycles. The molecule has 1 nitrogen and oxygen atoms in total. The largest absolute Gasteiger partial charge is 0.320 e. The van der Waals surface area contributed by atoms with E-state index in [4.69, 9.17) is 5.73 Å². The number of nitrogens with two attached hydrogens (primary N) is 1. The van der Waals surface area contributed by atoms with Crippen molar-refractivity contribution in [3.8, 4) is 0 Å². The summed E-state index contributed by atoms with van der Waals surface area (Å²) in [6.45, 7) is 1.84. The maximum absolute atomic E-state index is 13.6. The van der Waals surface area contributed by atoms with Crippen molar-refractivity contribution in [2.24, 2.45) is 5.73 Å². The van der Waals surface area contributed by atoms with Gasteiger partial charge in [0.2, 0.25) is 0 Å². The molecule has 3 heteroatoms. The Kier molecular flexibility index (Phi) is 3.20. The lowest BCUT2D eigenvalue weighted by atomic mass is 9.97. The molecule has 0 spiro atoms. The van der Waals surface area contributed by atoms with E-state index in [1.165, 1.54) is 12.1 Å². The van der Waals surface area contributed by atoms with E-state index in [1.807, 2.05) is 6.92 Å². The van der Waals surface area contributed by atoms with E-state index in [1.54, 1.807) is 30.3 Å². The average Bonchev–Trinajstić information content (AvgIpc) is 2.32. The Labute approximate surface area is 98.9 Å². The van der Waals surface area contributed by atoms with E-state index in [0.717, 1.165) is 5.56 Å². The highest BCUT2D eigenvalue weighted by Gasteiger charge is 2.16. The molecule has 2 aromatic rings. The van der Waals surface area contributed by atoms with Crippen LogP contribution in [0.3, 0.4) is 0 Å². The predicted molar refractivity (Wildman–Crippen MR) is 63.6 cm³/mol. The zero-order valence-corrected chi connectivity index (χ0v) is 9.45. The molecule has 0 aliphatic carbocycles. The number of aryl methyl sites for hydroxylation is 1. The lowest BCUT2D eigenvalue weighted by molar-refractivity contribution is 0.575. The van der Waals surface area contributed by atoms with Crippen LogP contribution in [0.4, 0.5) is 8.78 Å². The minimum Gasteiger partial charge on any atom is -0.320 e. The van der Waals surface area contributed by atoms with Gasteiger partial charge in [-0.1, -0.05) is 35.9 Å². The molecule has 0 aliphatic rings. The van der Waals surface area contributed by atoms with E-state index in [-0.39, 0.29) is 0 Å². The van der Waals surface area contributed by atoms with E-state index < -0.39 is 17.7 Å². The van der Waals surface area contributed by atoms with E-state index in [2.05, 4.69) is 0 Å². The molecular formula is C14H13F2N. The van der Waals surface area contributed by atoms with Gasteiger partial charge >= 0.3 is 0 Å². The molecule has 0 heterocycles. The molecule has 1 unspecified atom stereocenters. The van der Waals surface area contributed by atoms with Gasteiger partial charge in [0, 0.05) is 11.1 Å². The fraction of sp³-hybridized carbons (Fsp3) is 0.143. The summed E-state index contributed by atoms with van der Waals surface area (Å²) in [4.78, 5) is 0. The maximum Gasteiger partial charge on any atom is 0.128 e. The van der Waals surface area contributed by atoms with E-state index >= 15 is 0 Å². The summed E-state index contributed by atoms with van der Waals surface area (Å²) in [6, 6.07) is 10.0. The van der Waals surface area contributed by atoms with E-state index in [9.17, 15) is 8.78 Å². The first-order chi connectivity index (χ1) is 8.09. The van der Waals surface area contributed by atoms with Gasteiger partial charge in [-0.25, -0.2) is 8.78 Å². The molecule has 0 fully saturated rings. The summed E-state index contributed by atoms with van der Waals surface area (Å²) < 4.78 is 27.2. The number of halogens is 2. The van der Waals surface area contributed by atoms with Crippen LogP contribution < -0.4 is 5.73 Å². The normalized spacial score (nSPS) is 12.5. The van der Waals surface area contributed by atoms with Crippen molar-refractivity contribution in [1.29, 1.82) is 0 Å². The minimum absolute atomic E-state index is 0.303. The molecule has 0 aliphatic heterocycles. The molecule has 0 bridgehead atoms. The molecule has 2 N–H and O–H groups in total. The molecule has 88 valence electrons. The van der Waals surface area contributed by atoms with Crippen molar-refractivity contribution < 1.29 is 8.78 Å². The first kappa shape index (κ1) is 11.7. The van der Waals surface area contributed by atoms with Gasteiger partial charge in [-0.2, -0.15) is 0 Å². The second-order valence-electron chi connectivity index (χ2n) is 4.02. The van der Waals surface area contributed by atoms with Gasteiger partial charge in [-0.15, -0.1) is 0 Å². The van der Waals surface area contributed by atoms with Crippen molar-refractivity contribution in [2.45, 2.75) is 13.0 Å². The first-order valence-electron chi connectivity index (χ1n) is 5.35. The van der Waals surface area contributed by atoms with Crippen LogP contribution in [-0.4, -0.2) is 0 Å². The Balaban J connectivity index is 2.47. The van der Waals surface area contributed by atoms with Gasteiger partial charge in [0.25, 0.3) is 0 Å². The smallest absolute Gasteiger partial charge is 0.128 e. The van der Waals surface area contributed by atoms with Gasteiger partial charge < -0.3 is 5.73 Å². The third-order valence-electron chi connectivity index (χ3n) is 2.73. The number of hydrogen-bond donors (Lipinski definition) is 1. The van der Waals surface area contributed by atoms with Crippen LogP contribution in [0.25, 0.3) is 0 Å². The maximum atomic E-state index is 13.6. The van der Waals surface area contributed by atoms with Gasteiger partial charge in [0.15, 0.2) is 0 Å². The second-order valence-corrected chi connectivity index (χ2v) is 4.02. The molecular weight excluding hydrogens is 220 g/mol. The molecule has 0 saturated heterocycles. The third-order valence-corrected chi connectivity index (χ3v) is 2.73. The van der Waals surface area contributed by atoms with Crippen LogP contribution in [0.5, 0.6) is 0 Å². The number of benzene rings is 2. The summed E-state index contributed by atoms with van der Waals surface area (Å²) in [6.07, 6.45) is 0. The Morgan fingerprint density at radius 1 is 0.941 bits per heavy atom. The third kappa shape index (κ3) is 2.34. The zero-order chi connectivity index (χ0) is 12.4. The van der Waals surface area contributed by atoms with Crippen LogP contribution in [0, 0.1) is 18.6 Å². The lowest BCUT2D eigenvalue weighted by Crippen LogP contribution is -2.15. The Morgan fingerprint density at radius 3 is 2.29 bits per heavy atom. The fourth-order valence-corrected chi connectivity index (χ4v) is 1.80. The molecule has 2 rings (SSSR count). The highest BCUT2D eigenvalue weighted by atomic mass is 19.1. The van der Waals surface area contributed by atoms with Gasteiger partial charge in [-0.05, 0) is 19.1 Å². The topological polar surface area (TPSA) is 26.0 Å². The quantitative estimate of drug-likeness (QED) is 0.846. The minimum atomic E-state index is -0.781. The van der Waals surface area contributed by atoms with Crippen LogP contribution in [-0.2, 0) is 0 Å². The molecule has 0 aromatic heterocycles. The van der Waals surface area contributed by atoms with Gasteiger partial charge in [0.1, 0.15) is 11.6 Å². The highest BCUT2D eigenvalue weighted by Crippen LogP contribution is 2.24. The SMILES string of the molecule is Cc1ccc(F)c(C(N)c2ccccc2F)c1. The zero-order valence-electron chi connectivity index (χ0n) is 9.45. The number of rotatable bonds is 2. The highest BCUT2D eigenvalue weighted by molar-refractivity contribution is 5.35. The number of hydrogen-bond acceptors (Lipinski definition) is 1. The predicted octanol–water partition coefficient (Wildman–Crippen LogP) is 3.32. The van der Waals surface area contributed by atoms with Crippen molar-refractivity contribution in [2.75, 3.05) is 0 Å². The Hall–Kier alpha value is -1.74. The summed E-state index contributed by atoms with van der Waals surface area (Å²) in [7, 11) is 0. The second kappa shape index (κ2) is 4.63. The van der Waals surface area contributed by atoms with Crippen molar-refractivity contribution in [3.05, 3.63) is 70.8 Å². The van der Waals surface area contributed by atoms with Crippen molar-refractivity contribution in [3.63, 3.8) is 0 Å². The summed E-state index contributed by atoms with van der Waals surface area (Å²) >= 11 is 0.